The number of hydrogen-bond acceptors (Lipinski definition) is 3. The number of aryl methyl sites for hydroxylation is 1. The molecule has 15 heavy (non-hydrogen) atoms. The second-order valence-electron chi connectivity index (χ2n) is 3.19. The van der Waals surface area contributed by atoms with Crippen LogP contribution in [-0.2, 0) is 10.2 Å². The highest BCUT2D eigenvalue weighted by molar-refractivity contribution is 7.90. The molecule has 0 bridgehead atoms. The molecule has 5 nitrogen and oxygen atoms in total. The van der Waals surface area contributed by atoms with Crippen molar-refractivity contribution in [2.75, 3.05) is 17.0 Å². The van der Waals surface area contributed by atoms with Gasteiger partial charge in [-0.2, -0.15) is 13.1 Å². The zero-order valence-corrected chi connectivity index (χ0v) is 9.56. The maximum absolute atomic E-state index is 11.4. The van der Waals surface area contributed by atoms with Crippen LogP contribution < -0.4 is 15.2 Å². The largest absolute Gasteiger partial charge is 0.397 e. The normalized spacial score (nSPS) is 11.3. The lowest BCUT2D eigenvalue weighted by atomic mass is 10.2. The van der Waals surface area contributed by atoms with E-state index in [9.17, 15) is 8.42 Å². The van der Waals surface area contributed by atoms with Gasteiger partial charge in [0.2, 0.25) is 0 Å². The highest BCUT2D eigenvalue weighted by Crippen LogP contribution is 2.20. The molecule has 1 rings (SSSR count). The Kier molecular flexibility index (Phi) is 3.54. The number of nitrogens with two attached hydrogens (primary N) is 1. The Bertz CT molecular complexity index is 443. The van der Waals surface area contributed by atoms with E-state index in [2.05, 4.69) is 9.44 Å². The molecular weight excluding hydrogens is 214 g/mol. The molecule has 0 aliphatic carbocycles. The molecule has 0 spiro atoms. The second kappa shape index (κ2) is 4.50. The zero-order valence-electron chi connectivity index (χ0n) is 8.74. The van der Waals surface area contributed by atoms with E-state index in [4.69, 9.17) is 5.73 Å². The van der Waals surface area contributed by atoms with Crippen LogP contribution in [0, 0.1) is 6.92 Å². The van der Waals surface area contributed by atoms with E-state index in [1.807, 2.05) is 13.0 Å². The fourth-order valence-corrected chi connectivity index (χ4v) is 2.05. The van der Waals surface area contributed by atoms with E-state index in [0.717, 1.165) is 5.56 Å². The molecule has 0 heterocycles. The van der Waals surface area contributed by atoms with Gasteiger partial charge >= 0.3 is 0 Å². The van der Waals surface area contributed by atoms with E-state index >= 15 is 0 Å². The molecule has 1 aromatic carbocycles. The number of anilines is 2. The van der Waals surface area contributed by atoms with Gasteiger partial charge in [0.1, 0.15) is 0 Å². The molecular formula is C9H15N3O2S. The van der Waals surface area contributed by atoms with Crippen molar-refractivity contribution >= 4 is 21.6 Å². The Morgan fingerprint density at radius 2 is 2.07 bits per heavy atom. The van der Waals surface area contributed by atoms with E-state index < -0.39 is 10.2 Å². The molecule has 0 saturated heterocycles. The molecule has 0 saturated carbocycles. The minimum Gasteiger partial charge on any atom is -0.397 e. The molecule has 0 unspecified atom stereocenters. The van der Waals surface area contributed by atoms with Gasteiger partial charge in [-0.05, 0) is 24.6 Å². The van der Waals surface area contributed by atoms with Crippen molar-refractivity contribution in [3.8, 4) is 0 Å². The maximum atomic E-state index is 11.4. The Morgan fingerprint density at radius 3 is 2.67 bits per heavy atom. The van der Waals surface area contributed by atoms with Gasteiger partial charge in [0, 0.05) is 6.54 Å². The summed E-state index contributed by atoms with van der Waals surface area (Å²) in [6.07, 6.45) is 0. The molecule has 0 atom stereocenters. The molecule has 84 valence electrons. The Balaban J connectivity index is 2.94. The monoisotopic (exact) mass is 229 g/mol. The third-order valence-electron chi connectivity index (χ3n) is 1.79. The third-order valence-corrected chi connectivity index (χ3v) is 2.94. The van der Waals surface area contributed by atoms with E-state index in [0.29, 0.717) is 17.9 Å². The van der Waals surface area contributed by atoms with Crippen LogP contribution in [-0.4, -0.2) is 15.0 Å². The van der Waals surface area contributed by atoms with Crippen molar-refractivity contribution in [2.45, 2.75) is 13.8 Å². The summed E-state index contributed by atoms with van der Waals surface area (Å²) in [6.45, 7) is 3.91. The van der Waals surface area contributed by atoms with Crippen molar-refractivity contribution in [2.24, 2.45) is 0 Å². The van der Waals surface area contributed by atoms with Crippen molar-refractivity contribution in [1.29, 1.82) is 0 Å². The van der Waals surface area contributed by atoms with Gasteiger partial charge in [0.25, 0.3) is 10.2 Å². The smallest absolute Gasteiger partial charge is 0.299 e. The summed E-state index contributed by atoms with van der Waals surface area (Å²) in [4.78, 5) is 0. The van der Waals surface area contributed by atoms with Crippen LogP contribution in [0.5, 0.6) is 0 Å². The predicted octanol–water partition coefficient (Wildman–Crippen LogP) is 0.843. The predicted molar refractivity (Wildman–Crippen MR) is 61.8 cm³/mol. The van der Waals surface area contributed by atoms with Gasteiger partial charge in [-0.3, -0.25) is 4.72 Å². The quantitative estimate of drug-likeness (QED) is 0.669. The third kappa shape index (κ3) is 3.41. The number of hydrogen-bond donors (Lipinski definition) is 3. The summed E-state index contributed by atoms with van der Waals surface area (Å²) in [7, 11) is -3.50. The van der Waals surface area contributed by atoms with Gasteiger partial charge in [0.05, 0.1) is 11.4 Å². The van der Waals surface area contributed by atoms with Gasteiger partial charge in [-0.25, -0.2) is 0 Å². The van der Waals surface area contributed by atoms with Crippen LogP contribution in [0.2, 0.25) is 0 Å². The van der Waals surface area contributed by atoms with Crippen LogP contribution in [0.3, 0.4) is 0 Å². The molecule has 0 aliphatic heterocycles. The number of nitrogen functional groups attached to an aromatic ring is 1. The average molecular weight is 229 g/mol. The SMILES string of the molecule is CCNS(=O)(=O)Nc1cc(C)ccc1N. The van der Waals surface area contributed by atoms with Gasteiger partial charge in [-0.15, -0.1) is 0 Å². The van der Waals surface area contributed by atoms with Crippen LogP contribution in [0.15, 0.2) is 18.2 Å². The maximum Gasteiger partial charge on any atom is 0.299 e. The summed E-state index contributed by atoms with van der Waals surface area (Å²) in [5, 5.41) is 0. The Hall–Kier alpha value is -1.27. The lowest BCUT2D eigenvalue weighted by Crippen LogP contribution is -2.30. The summed E-state index contributed by atoms with van der Waals surface area (Å²) in [6, 6.07) is 5.17. The van der Waals surface area contributed by atoms with E-state index in [1.54, 1.807) is 19.1 Å². The van der Waals surface area contributed by atoms with E-state index in [1.165, 1.54) is 0 Å². The second-order valence-corrected chi connectivity index (χ2v) is 4.69. The summed E-state index contributed by atoms with van der Waals surface area (Å²) >= 11 is 0. The van der Waals surface area contributed by atoms with Crippen LogP contribution in [0.25, 0.3) is 0 Å². The van der Waals surface area contributed by atoms with Crippen molar-refractivity contribution < 1.29 is 8.42 Å². The lowest BCUT2D eigenvalue weighted by molar-refractivity contribution is 0.589. The summed E-state index contributed by atoms with van der Waals surface area (Å²) in [5.41, 5.74) is 7.38. The Labute approximate surface area is 89.9 Å². The van der Waals surface area contributed by atoms with Gasteiger partial charge < -0.3 is 5.73 Å². The van der Waals surface area contributed by atoms with Crippen LogP contribution >= 0.6 is 0 Å². The first-order chi connectivity index (χ1) is 6.94. The van der Waals surface area contributed by atoms with Crippen molar-refractivity contribution in [1.82, 2.24) is 4.72 Å². The standard InChI is InChI=1S/C9H15N3O2S/c1-3-11-15(13,14)12-9-6-7(2)4-5-8(9)10/h4-6,11-12H,3,10H2,1-2H3. The first kappa shape index (κ1) is 11.8. The van der Waals surface area contributed by atoms with Crippen LogP contribution in [0.1, 0.15) is 12.5 Å². The molecule has 1 aromatic rings. The Morgan fingerprint density at radius 1 is 1.40 bits per heavy atom. The number of rotatable bonds is 4. The first-order valence-corrected chi connectivity index (χ1v) is 6.06. The molecule has 4 N–H and O–H groups in total. The highest BCUT2D eigenvalue weighted by Gasteiger charge is 2.09. The lowest BCUT2D eigenvalue weighted by Gasteiger charge is -2.10. The zero-order chi connectivity index (χ0) is 11.5. The highest BCUT2D eigenvalue weighted by atomic mass is 32.2. The summed E-state index contributed by atoms with van der Waals surface area (Å²) in [5.74, 6) is 0. The topological polar surface area (TPSA) is 84.2 Å². The first-order valence-electron chi connectivity index (χ1n) is 4.58. The molecule has 0 amide bonds. The minimum atomic E-state index is -3.50. The average Bonchev–Trinajstić information content (AvgIpc) is 2.10. The van der Waals surface area contributed by atoms with Crippen LogP contribution in [0.4, 0.5) is 11.4 Å². The van der Waals surface area contributed by atoms with Gasteiger partial charge in [-0.1, -0.05) is 13.0 Å². The fraction of sp³-hybridized carbons (Fsp3) is 0.333. The molecule has 0 fully saturated rings. The van der Waals surface area contributed by atoms with Crippen molar-refractivity contribution in [3.63, 3.8) is 0 Å². The molecule has 0 aliphatic rings. The van der Waals surface area contributed by atoms with E-state index in [-0.39, 0.29) is 0 Å². The molecule has 6 heteroatoms. The summed E-state index contributed by atoms with van der Waals surface area (Å²) < 4.78 is 27.5. The number of benzene rings is 1. The van der Waals surface area contributed by atoms with Crippen molar-refractivity contribution in [3.05, 3.63) is 23.8 Å². The molecule has 0 aromatic heterocycles. The fourth-order valence-electron chi connectivity index (χ4n) is 1.13. The molecule has 0 radical (unpaired) electrons. The number of nitrogens with one attached hydrogen (secondary N) is 2. The minimum absolute atomic E-state index is 0.334. The van der Waals surface area contributed by atoms with Gasteiger partial charge in [0.15, 0.2) is 0 Å².